The highest BCUT2D eigenvalue weighted by molar-refractivity contribution is 5.95. The summed E-state index contributed by atoms with van der Waals surface area (Å²) in [6, 6.07) is 3.88. The number of carbonyl (C=O) groups excluding carboxylic acids is 1. The molecule has 0 aliphatic carbocycles. The van der Waals surface area contributed by atoms with Crippen LogP contribution in [0.2, 0.25) is 0 Å². The maximum atomic E-state index is 12.9. The largest absolute Gasteiger partial charge is 0.356 e. The van der Waals surface area contributed by atoms with Crippen molar-refractivity contribution in [1.82, 2.24) is 19.7 Å². The van der Waals surface area contributed by atoms with Crippen molar-refractivity contribution in [3.63, 3.8) is 0 Å². The van der Waals surface area contributed by atoms with Crippen molar-refractivity contribution in [2.45, 2.75) is 19.3 Å². The summed E-state index contributed by atoms with van der Waals surface area (Å²) in [6.45, 7) is 8.02. The molecular formula is C20H31N5O. The van der Waals surface area contributed by atoms with Crippen LogP contribution in [0.3, 0.4) is 0 Å². The van der Waals surface area contributed by atoms with E-state index in [9.17, 15) is 4.79 Å². The van der Waals surface area contributed by atoms with Crippen molar-refractivity contribution < 1.29 is 4.79 Å². The van der Waals surface area contributed by atoms with Gasteiger partial charge in [0.2, 0.25) is 0 Å². The fraction of sp³-hybridized carbons (Fsp3) is 0.700. The van der Waals surface area contributed by atoms with Crippen LogP contribution < -0.4 is 4.90 Å². The Labute approximate surface area is 156 Å². The zero-order chi connectivity index (χ0) is 18.1. The van der Waals surface area contributed by atoms with Gasteiger partial charge in [0.15, 0.2) is 0 Å². The van der Waals surface area contributed by atoms with Gasteiger partial charge in [-0.2, -0.15) is 0 Å². The Hall–Kier alpha value is -1.66. The van der Waals surface area contributed by atoms with E-state index in [2.05, 4.69) is 33.8 Å². The Morgan fingerprint density at radius 2 is 1.81 bits per heavy atom. The standard InChI is InChI=1S/C20H31N5O/c1-22-10-12-24(13-11-22)19(26)17-4-7-21-18(14-17)25-8-3-5-20(16-25)6-9-23(2)15-20/h4,7,14H,3,5-6,8-13,15-16H2,1-2H3/t20-/m0/s1. The second kappa shape index (κ2) is 7.16. The molecule has 142 valence electrons. The molecule has 3 saturated heterocycles. The SMILES string of the molecule is CN1CCN(C(=O)c2ccnc(N3CCC[C@@]4(CCN(C)C4)C3)c2)CC1. The minimum atomic E-state index is 0.147. The van der Waals surface area contributed by atoms with E-state index < -0.39 is 0 Å². The van der Waals surface area contributed by atoms with Crippen LogP contribution in [0.25, 0.3) is 0 Å². The number of nitrogens with zero attached hydrogens (tertiary/aromatic N) is 5. The summed E-state index contributed by atoms with van der Waals surface area (Å²) in [5.74, 6) is 1.12. The third-order valence-electron chi connectivity index (χ3n) is 6.40. The Morgan fingerprint density at radius 3 is 2.54 bits per heavy atom. The van der Waals surface area contributed by atoms with Gasteiger partial charge in [0.1, 0.15) is 5.82 Å². The predicted molar refractivity (Wildman–Crippen MR) is 104 cm³/mol. The first-order chi connectivity index (χ1) is 12.5. The number of aromatic nitrogens is 1. The molecule has 26 heavy (non-hydrogen) atoms. The molecule has 0 saturated carbocycles. The smallest absolute Gasteiger partial charge is 0.254 e. The van der Waals surface area contributed by atoms with Gasteiger partial charge in [-0.25, -0.2) is 4.98 Å². The van der Waals surface area contributed by atoms with Gasteiger partial charge in [0.05, 0.1) is 0 Å². The van der Waals surface area contributed by atoms with Crippen LogP contribution in [0.5, 0.6) is 0 Å². The number of likely N-dealkylation sites (tertiary alicyclic amines) is 1. The van der Waals surface area contributed by atoms with E-state index in [0.29, 0.717) is 5.41 Å². The average molecular weight is 358 g/mol. The average Bonchev–Trinajstić information content (AvgIpc) is 3.01. The number of likely N-dealkylation sites (N-methyl/N-ethyl adjacent to an activating group) is 1. The summed E-state index contributed by atoms with van der Waals surface area (Å²) in [5, 5.41) is 0. The number of piperidine rings is 1. The lowest BCUT2D eigenvalue weighted by Crippen LogP contribution is -2.47. The number of amides is 1. The first-order valence-corrected chi connectivity index (χ1v) is 9.92. The predicted octanol–water partition coefficient (Wildman–Crippen LogP) is 1.39. The van der Waals surface area contributed by atoms with Gasteiger partial charge in [-0.15, -0.1) is 0 Å². The van der Waals surface area contributed by atoms with Crippen LogP contribution in [-0.2, 0) is 0 Å². The zero-order valence-corrected chi connectivity index (χ0v) is 16.2. The summed E-state index contributed by atoms with van der Waals surface area (Å²) in [7, 11) is 4.33. The minimum Gasteiger partial charge on any atom is -0.356 e. The molecule has 1 spiro atoms. The van der Waals surface area contributed by atoms with Gasteiger partial charge in [-0.3, -0.25) is 4.79 Å². The number of piperazine rings is 1. The van der Waals surface area contributed by atoms with E-state index >= 15 is 0 Å². The molecule has 3 fully saturated rings. The van der Waals surface area contributed by atoms with Gasteiger partial charge in [-0.1, -0.05) is 0 Å². The lowest BCUT2D eigenvalue weighted by atomic mass is 9.79. The molecule has 4 rings (SSSR count). The van der Waals surface area contributed by atoms with Gasteiger partial charge in [-0.05, 0) is 52.0 Å². The molecule has 1 aromatic rings. The van der Waals surface area contributed by atoms with Gasteiger partial charge in [0.25, 0.3) is 5.91 Å². The van der Waals surface area contributed by atoms with Gasteiger partial charge < -0.3 is 19.6 Å². The van der Waals surface area contributed by atoms with Crippen LogP contribution in [0, 0.1) is 5.41 Å². The van der Waals surface area contributed by atoms with Crippen molar-refractivity contribution in [1.29, 1.82) is 0 Å². The summed E-state index contributed by atoms with van der Waals surface area (Å²) < 4.78 is 0. The van der Waals surface area contributed by atoms with E-state index in [1.54, 1.807) is 6.20 Å². The van der Waals surface area contributed by atoms with Crippen LogP contribution >= 0.6 is 0 Å². The molecule has 1 aromatic heterocycles. The number of carbonyl (C=O) groups is 1. The molecule has 3 aliphatic rings. The van der Waals surface area contributed by atoms with Crippen molar-refractivity contribution in [2.75, 3.05) is 71.4 Å². The first-order valence-electron chi connectivity index (χ1n) is 9.92. The van der Waals surface area contributed by atoms with E-state index in [0.717, 1.165) is 50.6 Å². The molecule has 3 aliphatic heterocycles. The van der Waals surface area contributed by atoms with Crippen molar-refractivity contribution in [2.24, 2.45) is 5.41 Å². The number of pyridine rings is 1. The lowest BCUT2D eigenvalue weighted by molar-refractivity contribution is 0.0664. The zero-order valence-electron chi connectivity index (χ0n) is 16.2. The summed E-state index contributed by atoms with van der Waals surface area (Å²) in [6.07, 6.45) is 5.61. The molecule has 4 heterocycles. The second-order valence-electron chi connectivity index (χ2n) is 8.51. The fourth-order valence-corrected chi connectivity index (χ4v) is 4.81. The molecule has 1 amide bonds. The highest BCUT2D eigenvalue weighted by Gasteiger charge is 2.40. The normalized spacial score (nSPS) is 28.1. The molecule has 6 heteroatoms. The van der Waals surface area contributed by atoms with E-state index in [1.165, 1.54) is 32.4 Å². The topological polar surface area (TPSA) is 42.9 Å². The first kappa shape index (κ1) is 17.7. The van der Waals surface area contributed by atoms with Gasteiger partial charge in [0, 0.05) is 63.0 Å². The van der Waals surface area contributed by atoms with E-state index in [1.807, 2.05) is 17.0 Å². The van der Waals surface area contributed by atoms with Crippen molar-refractivity contribution in [3.8, 4) is 0 Å². The van der Waals surface area contributed by atoms with Gasteiger partial charge >= 0.3 is 0 Å². The molecule has 6 nitrogen and oxygen atoms in total. The Balaban J connectivity index is 1.48. The highest BCUT2D eigenvalue weighted by Crippen LogP contribution is 2.39. The number of hydrogen-bond donors (Lipinski definition) is 0. The molecule has 0 bridgehead atoms. The molecule has 0 radical (unpaired) electrons. The van der Waals surface area contributed by atoms with Crippen LogP contribution in [0.15, 0.2) is 18.3 Å². The van der Waals surface area contributed by atoms with E-state index in [4.69, 9.17) is 0 Å². The maximum absolute atomic E-state index is 12.9. The number of rotatable bonds is 2. The third-order valence-corrected chi connectivity index (χ3v) is 6.40. The quantitative estimate of drug-likeness (QED) is 0.800. The van der Waals surface area contributed by atoms with Crippen LogP contribution in [0.4, 0.5) is 5.82 Å². The summed E-state index contributed by atoms with van der Waals surface area (Å²) in [4.78, 5) is 26.6. The molecule has 1 atom stereocenters. The van der Waals surface area contributed by atoms with Crippen LogP contribution in [0.1, 0.15) is 29.6 Å². The Kier molecular flexibility index (Phi) is 4.88. The summed E-state index contributed by atoms with van der Waals surface area (Å²) >= 11 is 0. The van der Waals surface area contributed by atoms with Crippen molar-refractivity contribution >= 4 is 11.7 Å². The third kappa shape index (κ3) is 3.58. The van der Waals surface area contributed by atoms with Crippen molar-refractivity contribution in [3.05, 3.63) is 23.9 Å². The number of hydrogen-bond acceptors (Lipinski definition) is 5. The monoisotopic (exact) mass is 357 g/mol. The maximum Gasteiger partial charge on any atom is 0.254 e. The van der Waals surface area contributed by atoms with E-state index in [-0.39, 0.29) is 5.91 Å². The minimum absolute atomic E-state index is 0.147. The highest BCUT2D eigenvalue weighted by atomic mass is 16.2. The Bertz CT molecular complexity index is 653. The molecule has 0 N–H and O–H groups in total. The molecule has 0 aromatic carbocycles. The number of anilines is 1. The second-order valence-corrected chi connectivity index (χ2v) is 8.51. The molecule has 0 unspecified atom stereocenters. The Morgan fingerprint density at radius 1 is 1.00 bits per heavy atom. The van der Waals surface area contributed by atoms with Crippen LogP contribution in [-0.4, -0.2) is 92.0 Å². The fourth-order valence-electron chi connectivity index (χ4n) is 4.81. The lowest BCUT2D eigenvalue weighted by Gasteiger charge is -2.41. The summed E-state index contributed by atoms with van der Waals surface area (Å²) in [5.41, 5.74) is 1.19. The molecular weight excluding hydrogens is 326 g/mol.